The number of hydrogen-bond acceptors (Lipinski definition) is 5. The third kappa shape index (κ3) is 4.29. The lowest BCUT2D eigenvalue weighted by atomic mass is 10.2. The van der Waals surface area contributed by atoms with E-state index in [-0.39, 0.29) is 11.6 Å². The second-order valence-electron chi connectivity index (χ2n) is 5.56. The number of anilines is 3. The number of rotatable bonds is 5. The molecule has 132 valence electrons. The van der Waals surface area contributed by atoms with Crippen molar-refractivity contribution < 1.29 is 9.53 Å². The smallest absolute Gasteiger partial charge is 0.274 e. The second-order valence-corrected chi connectivity index (χ2v) is 5.99. The number of amides is 1. The van der Waals surface area contributed by atoms with Crippen molar-refractivity contribution in [1.82, 2.24) is 9.97 Å². The molecule has 0 aliphatic heterocycles. The standard InChI is InChI=1S/C19H17ClN4O2/c1-12-3-8-17(26-2)16(11-12)23-18(25)15-9-10-21-19(24-15)22-14-6-4-13(20)5-7-14/h3-11H,1-2H3,(H,23,25)(H,21,22,24). The van der Waals surface area contributed by atoms with Crippen LogP contribution in [-0.4, -0.2) is 23.0 Å². The quantitative estimate of drug-likeness (QED) is 0.696. The molecule has 1 amide bonds. The average molecular weight is 369 g/mol. The molecule has 1 heterocycles. The van der Waals surface area contributed by atoms with E-state index in [9.17, 15) is 4.79 Å². The molecule has 3 aromatic rings. The number of aryl methyl sites for hydroxylation is 1. The summed E-state index contributed by atoms with van der Waals surface area (Å²) in [5.74, 6) is 0.546. The molecule has 0 atom stereocenters. The van der Waals surface area contributed by atoms with E-state index in [4.69, 9.17) is 16.3 Å². The molecule has 0 radical (unpaired) electrons. The molecular weight excluding hydrogens is 352 g/mol. The predicted octanol–water partition coefficient (Wildman–Crippen LogP) is 4.44. The summed E-state index contributed by atoms with van der Waals surface area (Å²) in [6.07, 6.45) is 1.52. The summed E-state index contributed by atoms with van der Waals surface area (Å²) in [7, 11) is 1.55. The third-order valence-corrected chi connectivity index (χ3v) is 3.84. The SMILES string of the molecule is COc1ccc(C)cc1NC(=O)c1ccnc(Nc2ccc(Cl)cc2)n1. The van der Waals surface area contributed by atoms with Crippen molar-refractivity contribution in [2.24, 2.45) is 0 Å². The number of carbonyl (C=O) groups is 1. The zero-order valence-electron chi connectivity index (χ0n) is 14.3. The highest BCUT2D eigenvalue weighted by atomic mass is 35.5. The number of hydrogen-bond donors (Lipinski definition) is 2. The maximum atomic E-state index is 12.5. The molecule has 0 saturated heterocycles. The van der Waals surface area contributed by atoms with Crippen molar-refractivity contribution in [3.63, 3.8) is 0 Å². The van der Waals surface area contributed by atoms with Gasteiger partial charge in [-0.15, -0.1) is 0 Å². The molecule has 0 saturated carbocycles. The van der Waals surface area contributed by atoms with Crippen LogP contribution in [0.25, 0.3) is 0 Å². The van der Waals surface area contributed by atoms with Gasteiger partial charge in [0.1, 0.15) is 11.4 Å². The van der Waals surface area contributed by atoms with Crippen LogP contribution in [-0.2, 0) is 0 Å². The van der Waals surface area contributed by atoms with Crippen LogP contribution < -0.4 is 15.4 Å². The molecule has 6 nitrogen and oxygen atoms in total. The Morgan fingerprint density at radius 1 is 1.12 bits per heavy atom. The minimum atomic E-state index is -0.351. The van der Waals surface area contributed by atoms with Gasteiger partial charge in [-0.1, -0.05) is 17.7 Å². The van der Waals surface area contributed by atoms with E-state index in [1.165, 1.54) is 6.20 Å². The van der Waals surface area contributed by atoms with E-state index in [1.807, 2.05) is 19.1 Å². The number of nitrogens with one attached hydrogen (secondary N) is 2. The molecule has 0 bridgehead atoms. The van der Waals surface area contributed by atoms with Crippen LogP contribution in [0.15, 0.2) is 54.7 Å². The fraction of sp³-hybridized carbons (Fsp3) is 0.105. The van der Waals surface area contributed by atoms with Crippen LogP contribution in [0.2, 0.25) is 5.02 Å². The molecule has 0 spiro atoms. The minimum absolute atomic E-state index is 0.236. The normalized spacial score (nSPS) is 10.3. The summed E-state index contributed by atoms with van der Waals surface area (Å²) in [4.78, 5) is 20.9. The van der Waals surface area contributed by atoms with Crippen molar-refractivity contribution in [3.05, 3.63) is 71.0 Å². The molecular formula is C19H17ClN4O2. The van der Waals surface area contributed by atoms with Gasteiger partial charge in [-0.25, -0.2) is 9.97 Å². The average Bonchev–Trinajstić information content (AvgIpc) is 2.64. The first-order valence-electron chi connectivity index (χ1n) is 7.87. The number of carbonyl (C=O) groups excluding carboxylic acids is 1. The van der Waals surface area contributed by atoms with Crippen molar-refractivity contribution in [2.45, 2.75) is 6.92 Å². The van der Waals surface area contributed by atoms with E-state index in [0.29, 0.717) is 22.4 Å². The summed E-state index contributed by atoms with van der Waals surface area (Å²) in [5.41, 5.74) is 2.60. The monoisotopic (exact) mass is 368 g/mol. The molecule has 0 fully saturated rings. The lowest BCUT2D eigenvalue weighted by Crippen LogP contribution is -2.15. The molecule has 26 heavy (non-hydrogen) atoms. The topological polar surface area (TPSA) is 76.1 Å². The Morgan fingerprint density at radius 2 is 1.88 bits per heavy atom. The van der Waals surface area contributed by atoms with Crippen LogP contribution >= 0.6 is 11.6 Å². The van der Waals surface area contributed by atoms with Crippen LogP contribution in [0.1, 0.15) is 16.1 Å². The zero-order chi connectivity index (χ0) is 18.5. The molecule has 0 aliphatic rings. The van der Waals surface area contributed by atoms with Crippen molar-refractivity contribution in [3.8, 4) is 5.75 Å². The van der Waals surface area contributed by atoms with Crippen molar-refractivity contribution in [2.75, 3.05) is 17.7 Å². The van der Waals surface area contributed by atoms with Gasteiger partial charge in [0, 0.05) is 16.9 Å². The predicted molar refractivity (Wildman–Crippen MR) is 102 cm³/mol. The number of methoxy groups -OCH3 is 1. The Balaban J connectivity index is 1.78. The fourth-order valence-electron chi connectivity index (χ4n) is 2.31. The van der Waals surface area contributed by atoms with Crippen LogP contribution in [0.4, 0.5) is 17.3 Å². The van der Waals surface area contributed by atoms with Crippen molar-refractivity contribution in [1.29, 1.82) is 0 Å². The first-order chi connectivity index (χ1) is 12.5. The van der Waals surface area contributed by atoms with Gasteiger partial charge in [-0.3, -0.25) is 4.79 Å². The van der Waals surface area contributed by atoms with E-state index >= 15 is 0 Å². The van der Waals surface area contributed by atoms with Crippen molar-refractivity contribution >= 4 is 34.8 Å². The largest absolute Gasteiger partial charge is 0.495 e. The summed E-state index contributed by atoms with van der Waals surface area (Å²) in [6.45, 7) is 1.94. The molecule has 0 aliphatic carbocycles. The Morgan fingerprint density at radius 3 is 2.62 bits per heavy atom. The summed E-state index contributed by atoms with van der Waals surface area (Å²) in [6, 6.07) is 14.2. The highest BCUT2D eigenvalue weighted by molar-refractivity contribution is 6.30. The van der Waals surface area contributed by atoms with E-state index < -0.39 is 0 Å². The van der Waals surface area contributed by atoms with Gasteiger partial charge >= 0.3 is 0 Å². The van der Waals surface area contributed by atoms with Crippen LogP contribution in [0, 0.1) is 6.92 Å². The molecule has 7 heteroatoms. The highest BCUT2D eigenvalue weighted by Gasteiger charge is 2.12. The summed E-state index contributed by atoms with van der Waals surface area (Å²) in [5, 5.41) is 6.49. The van der Waals surface area contributed by atoms with Gasteiger partial charge in [0.05, 0.1) is 12.8 Å². The number of halogens is 1. The Labute approximate surface area is 156 Å². The lowest BCUT2D eigenvalue weighted by Gasteiger charge is -2.11. The zero-order valence-corrected chi connectivity index (χ0v) is 15.0. The molecule has 1 aromatic heterocycles. The number of benzene rings is 2. The maximum Gasteiger partial charge on any atom is 0.274 e. The number of nitrogens with zero attached hydrogens (tertiary/aromatic N) is 2. The van der Waals surface area contributed by atoms with Gasteiger partial charge in [-0.05, 0) is 55.0 Å². The second kappa shape index (κ2) is 7.84. The molecule has 2 aromatic carbocycles. The highest BCUT2D eigenvalue weighted by Crippen LogP contribution is 2.25. The van der Waals surface area contributed by atoms with Crippen LogP contribution in [0.5, 0.6) is 5.75 Å². The van der Waals surface area contributed by atoms with Gasteiger partial charge in [0.2, 0.25) is 5.95 Å². The summed E-state index contributed by atoms with van der Waals surface area (Å²) < 4.78 is 5.28. The van der Waals surface area contributed by atoms with E-state index in [1.54, 1.807) is 43.5 Å². The summed E-state index contributed by atoms with van der Waals surface area (Å²) >= 11 is 5.87. The minimum Gasteiger partial charge on any atom is -0.495 e. The van der Waals surface area contributed by atoms with E-state index in [0.717, 1.165) is 11.3 Å². The number of aromatic nitrogens is 2. The fourth-order valence-corrected chi connectivity index (χ4v) is 2.44. The first kappa shape index (κ1) is 17.7. The Hall–Kier alpha value is -3.12. The van der Waals surface area contributed by atoms with E-state index in [2.05, 4.69) is 20.6 Å². The van der Waals surface area contributed by atoms with Gasteiger partial charge in [-0.2, -0.15) is 0 Å². The third-order valence-electron chi connectivity index (χ3n) is 3.59. The van der Waals surface area contributed by atoms with Gasteiger partial charge in [0.25, 0.3) is 5.91 Å². The Bertz CT molecular complexity index is 929. The lowest BCUT2D eigenvalue weighted by molar-refractivity contribution is 0.102. The van der Waals surface area contributed by atoms with Gasteiger partial charge < -0.3 is 15.4 Å². The Kier molecular flexibility index (Phi) is 5.34. The number of ether oxygens (including phenoxy) is 1. The van der Waals surface area contributed by atoms with Crippen LogP contribution in [0.3, 0.4) is 0 Å². The molecule has 3 rings (SSSR count). The molecule has 0 unspecified atom stereocenters. The first-order valence-corrected chi connectivity index (χ1v) is 8.24. The maximum absolute atomic E-state index is 12.5. The van der Waals surface area contributed by atoms with Gasteiger partial charge in [0.15, 0.2) is 0 Å². The molecule has 2 N–H and O–H groups in total.